The van der Waals surface area contributed by atoms with Gasteiger partial charge in [-0.15, -0.1) is 0 Å². The summed E-state index contributed by atoms with van der Waals surface area (Å²) in [5, 5.41) is 0.731. The van der Waals surface area contributed by atoms with Gasteiger partial charge in [-0.05, 0) is 35.7 Å². The van der Waals surface area contributed by atoms with Crippen LogP contribution in [0.2, 0.25) is 5.02 Å². The second kappa shape index (κ2) is 4.51. The van der Waals surface area contributed by atoms with Gasteiger partial charge < -0.3 is 10.2 Å². The predicted molar refractivity (Wildman–Crippen MR) is 60.8 cm³/mol. The molecule has 0 aliphatic carbocycles. The summed E-state index contributed by atoms with van der Waals surface area (Å²) >= 11 is 5.80. The van der Waals surface area contributed by atoms with Crippen molar-refractivity contribution in [2.75, 3.05) is 0 Å². The molecule has 0 saturated carbocycles. The molecule has 2 rings (SSSR count). The first-order chi connectivity index (χ1) is 7.25. The summed E-state index contributed by atoms with van der Waals surface area (Å²) in [7, 11) is 0. The minimum Gasteiger partial charge on any atom is -0.472 e. The number of rotatable bonds is 3. The van der Waals surface area contributed by atoms with Crippen LogP contribution < -0.4 is 5.73 Å². The van der Waals surface area contributed by atoms with Crippen molar-refractivity contribution in [3.63, 3.8) is 0 Å². The molecule has 78 valence electrons. The predicted octanol–water partition coefficient (Wildman–Crippen LogP) is 3.18. The summed E-state index contributed by atoms with van der Waals surface area (Å²) in [6.07, 6.45) is 4.15. The van der Waals surface area contributed by atoms with Gasteiger partial charge in [-0.3, -0.25) is 0 Å². The molecule has 0 amide bonds. The van der Waals surface area contributed by atoms with E-state index in [1.54, 1.807) is 12.5 Å². The zero-order valence-corrected chi connectivity index (χ0v) is 8.95. The van der Waals surface area contributed by atoms with Gasteiger partial charge in [0.1, 0.15) is 0 Å². The molecule has 2 N–H and O–H groups in total. The van der Waals surface area contributed by atoms with Crippen molar-refractivity contribution in [2.45, 2.75) is 12.5 Å². The molecule has 1 aromatic carbocycles. The lowest BCUT2D eigenvalue weighted by Gasteiger charge is -2.10. The molecule has 0 aliphatic heterocycles. The molecule has 1 aromatic heterocycles. The molecule has 1 heterocycles. The van der Waals surface area contributed by atoms with Gasteiger partial charge in [0.05, 0.1) is 12.5 Å². The molecule has 1 atom stereocenters. The Bertz CT molecular complexity index is 408. The van der Waals surface area contributed by atoms with Gasteiger partial charge in [0, 0.05) is 11.1 Å². The Labute approximate surface area is 93.7 Å². The van der Waals surface area contributed by atoms with Crippen LogP contribution in [0.5, 0.6) is 0 Å². The zero-order chi connectivity index (χ0) is 10.7. The highest BCUT2D eigenvalue weighted by molar-refractivity contribution is 6.30. The fourth-order valence-corrected chi connectivity index (χ4v) is 1.62. The minimum atomic E-state index is -0.0140. The minimum absolute atomic E-state index is 0.0140. The van der Waals surface area contributed by atoms with Gasteiger partial charge in [-0.2, -0.15) is 0 Å². The van der Waals surface area contributed by atoms with Crippen molar-refractivity contribution in [1.82, 2.24) is 0 Å². The number of nitrogens with two attached hydrogens (primary N) is 1. The average Bonchev–Trinajstić information content (AvgIpc) is 2.71. The van der Waals surface area contributed by atoms with Crippen molar-refractivity contribution in [3.05, 3.63) is 59.0 Å². The van der Waals surface area contributed by atoms with Crippen LogP contribution in [0.4, 0.5) is 0 Å². The smallest absolute Gasteiger partial charge is 0.0935 e. The molecular weight excluding hydrogens is 210 g/mol. The van der Waals surface area contributed by atoms with E-state index in [9.17, 15) is 0 Å². The third kappa shape index (κ3) is 2.61. The van der Waals surface area contributed by atoms with Gasteiger partial charge in [0.2, 0.25) is 0 Å². The van der Waals surface area contributed by atoms with Gasteiger partial charge in [0.25, 0.3) is 0 Å². The lowest BCUT2D eigenvalue weighted by atomic mass is 10.0. The second-order valence-electron chi connectivity index (χ2n) is 3.49. The first-order valence-corrected chi connectivity index (χ1v) is 5.15. The molecule has 2 aromatic rings. The Morgan fingerprint density at radius 1 is 1.20 bits per heavy atom. The number of furan rings is 1. The summed E-state index contributed by atoms with van der Waals surface area (Å²) in [5.74, 6) is 0. The number of halogens is 1. The Hall–Kier alpha value is -1.25. The molecule has 2 nitrogen and oxygen atoms in total. The van der Waals surface area contributed by atoms with E-state index >= 15 is 0 Å². The highest BCUT2D eigenvalue weighted by Crippen LogP contribution is 2.18. The molecule has 0 saturated heterocycles. The van der Waals surface area contributed by atoms with Crippen LogP contribution in [0, 0.1) is 0 Å². The standard InChI is InChI=1S/C12H12ClNO/c13-11-3-1-10(2-4-11)12(14)7-9-5-6-15-8-9/h1-6,8,12H,7,14H2. The summed E-state index contributed by atoms with van der Waals surface area (Å²) in [4.78, 5) is 0. The normalized spacial score (nSPS) is 12.7. The van der Waals surface area contributed by atoms with Gasteiger partial charge in [-0.1, -0.05) is 23.7 Å². The van der Waals surface area contributed by atoms with Crippen LogP contribution >= 0.6 is 11.6 Å². The Balaban J connectivity index is 2.08. The first-order valence-electron chi connectivity index (χ1n) is 4.78. The summed E-state index contributed by atoms with van der Waals surface area (Å²) in [6.45, 7) is 0. The number of hydrogen-bond acceptors (Lipinski definition) is 2. The maximum absolute atomic E-state index is 6.05. The Morgan fingerprint density at radius 2 is 1.93 bits per heavy atom. The average molecular weight is 222 g/mol. The molecule has 1 unspecified atom stereocenters. The van der Waals surface area contributed by atoms with Gasteiger partial charge >= 0.3 is 0 Å². The van der Waals surface area contributed by atoms with Crippen LogP contribution in [-0.2, 0) is 6.42 Å². The quantitative estimate of drug-likeness (QED) is 0.865. The van der Waals surface area contributed by atoms with E-state index in [2.05, 4.69) is 0 Å². The van der Waals surface area contributed by atoms with E-state index in [4.69, 9.17) is 21.8 Å². The van der Waals surface area contributed by atoms with Gasteiger partial charge in [-0.25, -0.2) is 0 Å². The Morgan fingerprint density at radius 3 is 2.53 bits per heavy atom. The van der Waals surface area contributed by atoms with E-state index in [1.807, 2.05) is 30.3 Å². The summed E-state index contributed by atoms with van der Waals surface area (Å²) in [6, 6.07) is 9.52. The maximum Gasteiger partial charge on any atom is 0.0935 e. The SMILES string of the molecule is NC(Cc1ccoc1)c1ccc(Cl)cc1. The topological polar surface area (TPSA) is 39.2 Å². The van der Waals surface area contributed by atoms with Crippen LogP contribution in [-0.4, -0.2) is 0 Å². The molecule has 15 heavy (non-hydrogen) atoms. The second-order valence-corrected chi connectivity index (χ2v) is 3.93. The van der Waals surface area contributed by atoms with Crippen LogP contribution in [0.3, 0.4) is 0 Å². The van der Waals surface area contributed by atoms with E-state index < -0.39 is 0 Å². The molecule has 0 bridgehead atoms. The fourth-order valence-electron chi connectivity index (χ4n) is 1.49. The molecule has 0 aliphatic rings. The zero-order valence-electron chi connectivity index (χ0n) is 8.19. The van der Waals surface area contributed by atoms with E-state index in [0.29, 0.717) is 0 Å². The van der Waals surface area contributed by atoms with Crippen molar-refractivity contribution >= 4 is 11.6 Å². The highest BCUT2D eigenvalue weighted by Gasteiger charge is 2.07. The largest absolute Gasteiger partial charge is 0.472 e. The van der Waals surface area contributed by atoms with Crippen molar-refractivity contribution < 1.29 is 4.42 Å². The lowest BCUT2D eigenvalue weighted by molar-refractivity contribution is 0.561. The van der Waals surface area contributed by atoms with E-state index in [0.717, 1.165) is 22.6 Å². The van der Waals surface area contributed by atoms with Crippen LogP contribution in [0.15, 0.2) is 47.3 Å². The maximum atomic E-state index is 6.05. The fraction of sp³-hybridized carbons (Fsp3) is 0.167. The first kappa shape index (κ1) is 10.3. The van der Waals surface area contributed by atoms with Crippen molar-refractivity contribution in [3.8, 4) is 0 Å². The Kier molecular flexibility index (Phi) is 3.09. The molecule has 0 radical (unpaired) electrons. The van der Waals surface area contributed by atoms with E-state index in [1.165, 1.54) is 0 Å². The third-order valence-corrected chi connectivity index (χ3v) is 2.59. The van der Waals surface area contributed by atoms with Crippen molar-refractivity contribution in [2.24, 2.45) is 5.73 Å². The highest BCUT2D eigenvalue weighted by atomic mass is 35.5. The molecule has 0 spiro atoms. The molecule has 0 fully saturated rings. The van der Waals surface area contributed by atoms with Crippen LogP contribution in [0.25, 0.3) is 0 Å². The molecular formula is C12H12ClNO. The lowest BCUT2D eigenvalue weighted by Crippen LogP contribution is -2.12. The number of benzene rings is 1. The molecule has 3 heteroatoms. The van der Waals surface area contributed by atoms with Crippen molar-refractivity contribution in [1.29, 1.82) is 0 Å². The summed E-state index contributed by atoms with van der Waals surface area (Å²) in [5.41, 5.74) is 8.24. The van der Waals surface area contributed by atoms with E-state index in [-0.39, 0.29) is 6.04 Å². The third-order valence-electron chi connectivity index (χ3n) is 2.33. The number of hydrogen-bond donors (Lipinski definition) is 1. The van der Waals surface area contributed by atoms with Crippen LogP contribution in [0.1, 0.15) is 17.2 Å². The van der Waals surface area contributed by atoms with Gasteiger partial charge in [0.15, 0.2) is 0 Å². The monoisotopic (exact) mass is 221 g/mol. The summed E-state index contributed by atoms with van der Waals surface area (Å²) < 4.78 is 4.99.